The number of nitro benzene ring substituents is 1. The average Bonchev–Trinajstić information content (AvgIpc) is 3.19. The monoisotopic (exact) mass is 381 g/mol. The fourth-order valence-corrected chi connectivity index (χ4v) is 3.11. The Morgan fingerprint density at radius 1 is 1.19 bits per heavy atom. The number of phenols is 1. The molecule has 0 radical (unpaired) electrons. The molecule has 3 aromatic rings. The van der Waals surface area contributed by atoms with Crippen molar-refractivity contribution in [2.24, 2.45) is 5.10 Å². The van der Waals surface area contributed by atoms with Crippen LogP contribution in [-0.4, -0.2) is 22.2 Å². The Kier molecular flexibility index (Phi) is 5.58. The Labute approximate surface area is 158 Å². The highest BCUT2D eigenvalue weighted by atomic mass is 32.1. The van der Waals surface area contributed by atoms with Gasteiger partial charge in [0.2, 0.25) is 5.75 Å². The predicted molar refractivity (Wildman–Crippen MR) is 103 cm³/mol. The summed E-state index contributed by atoms with van der Waals surface area (Å²) in [5.41, 5.74) is 3.71. The number of amides is 1. The lowest BCUT2D eigenvalue weighted by Crippen LogP contribution is -2.16. The quantitative estimate of drug-likeness (QED) is 0.386. The van der Waals surface area contributed by atoms with Gasteiger partial charge < -0.3 is 5.11 Å². The molecule has 0 bridgehead atoms. The highest BCUT2D eigenvalue weighted by Crippen LogP contribution is 2.31. The van der Waals surface area contributed by atoms with Gasteiger partial charge in [-0.25, -0.2) is 5.43 Å². The third-order valence-electron chi connectivity index (χ3n) is 3.74. The molecular weight excluding hydrogens is 366 g/mol. The van der Waals surface area contributed by atoms with E-state index in [1.165, 1.54) is 23.6 Å². The van der Waals surface area contributed by atoms with Gasteiger partial charge in [-0.05, 0) is 35.1 Å². The summed E-state index contributed by atoms with van der Waals surface area (Å²) in [7, 11) is 0. The van der Waals surface area contributed by atoms with Crippen molar-refractivity contribution in [3.63, 3.8) is 0 Å². The van der Waals surface area contributed by atoms with Gasteiger partial charge in [-0.2, -0.15) is 5.10 Å². The summed E-state index contributed by atoms with van der Waals surface area (Å²) in [6.07, 6.45) is 1.66. The molecule has 0 aliphatic heterocycles. The Hall–Kier alpha value is -3.52. The molecule has 27 heavy (non-hydrogen) atoms. The summed E-state index contributed by atoms with van der Waals surface area (Å²) >= 11 is 1.27. The minimum Gasteiger partial charge on any atom is -0.502 e. The van der Waals surface area contributed by atoms with E-state index in [1.807, 2.05) is 30.3 Å². The molecule has 0 fully saturated rings. The number of aromatic hydroxyl groups is 1. The van der Waals surface area contributed by atoms with Crippen molar-refractivity contribution < 1.29 is 14.8 Å². The molecule has 0 saturated heterocycles. The maximum absolute atomic E-state index is 11.9. The highest BCUT2D eigenvalue weighted by molar-refractivity contribution is 7.12. The van der Waals surface area contributed by atoms with Gasteiger partial charge in [-0.3, -0.25) is 14.9 Å². The average molecular weight is 381 g/mol. The van der Waals surface area contributed by atoms with Crippen molar-refractivity contribution in [2.75, 3.05) is 0 Å². The van der Waals surface area contributed by atoms with E-state index >= 15 is 0 Å². The molecule has 2 aromatic carbocycles. The molecule has 0 spiro atoms. The number of carbonyl (C=O) groups is 1. The van der Waals surface area contributed by atoms with E-state index in [0.717, 1.165) is 5.56 Å². The number of nitro groups is 1. The van der Waals surface area contributed by atoms with Crippen LogP contribution in [0.5, 0.6) is 5.75 Å². The Balaban J connectivity index is 1.85. The molecule has 0 atom stereocenters. The van der Waals surface area contributed by atoms with Crippen molar-refractivity contribution in [1.82, 2.24) is 5.43 Å². The molecule has 2 N–H and O–H groups in total. The van der Waals surface area contributed by atoms with Gasteiger partial charge in [-0.1, -0.05) is 36.4 Å². The van der Waals surface area contributed by atoms with Crippen LogP contribution in [0.4, 0.5) is 5.69 Å². The van der Waals surface area contributed by atoms with E-state index in [1.54, 1.807) is 23.6 Å². The first-order valence-electron chi connectivity index (χ1n) is 7.95. The molecule has 7 nitrogen and oxygen atoms in total. The molecular formula is C19H15N3O4S. The number of carbonyl (C=O) groups excluding carboxylic acids is 1. The first kappa shape index (κ1) is 18.3. The second-order valence-corrected chi connectivity index (χ2v) is 6.60. The smallest absolute Gasteiger partial charge is 0.311 e. The molecule has 1 amide bonds. The van der Waals surface area contributed by atoms with Gasteiger partial charge in [-0.15, -0.1) is 11.3 Å². The number of nitrogens with one attached hydrogen (secondary N) is 1. The second kappa shape index (κ2) is 8.24. The van der Waals surface area contributed by atoms with Gasteiger partial charge in [0.1, 0.15) is 0 Å². The summed E-state index contributed by atoms with van der Waals surface area (Å²) in [6, 6.07) is 15.8. The molecule has 8 heteroatoms. The van der Waals surface area contributed by atoms with Crippen LogP contribution in [0.3, 0.4) is 0 Å². The molecule has 0 saturated carbocycles. The van der Waals surface area contributed by atoms with Crippen molar-refractivity contribution in [3.05, 3.63) is 91.7 Å². The molecule has 0 aliphatic carbocycles. The van der Waals surface area contributed by atoms with Crippen LogP contribution in [0.2, 0.25) is 0 Å². The summed E-state index contributed by atoms with van der Waals surface area (Å²) in [4.78, 5) is 23.0. The number of phenolic OH excluding ortho intramolecular Hbond substituents is 1. The fourth-order valence-electron chi connectivity index (χ4n) is 2.50. The standard InChI is InChI=1S/C19H15N3O4S/c23-18-15(12-20-21-19(24)17-7-4-8-27-17)10-14(11-16(18)22(25)26)9-13-5-2-1-3-6-13/h1-8,10-12,23H,9H2,(H,21,24)/b20-12+. The topological polar surface area (TPSA) is 105 Å². The molecule has 136 valence electrons. The third kappa shape index (κ3) is 4.56. The lowest BCUT2D eigenvalue weighted by molar-refractivity contribution is -0.385. The number of nitrogens with zero attached hydrogens (tertiary/aromatic N) is 2. The normalized spacial score (nSPS) is 10.8. The number of hydrazone groups is 1. The van der Waals surface area contributed by atoms with Crippen LogP contribution in [0.25, 0.3) is 0 Å². The van der Waals surface area contributed by atoms with Crippen LogP contribution in [0.15, 0.2) is 65.1 Å². The zero-order chi connectivity index (χ0) is 19.2. The van der Waals surface area contributed by atoms with Crippen molar-refractivity contribution in [2.45, 2.75) is 6.42 Å². The molecule has 3 rings (SSSR count). The molecule has 1 heterocycles. The van der Waals surface area contributed by atoms with Gasteiger partial charge in [0.15, 0.2) is 0 Å². The summed E-state index contributed by atoms with van der Waals surface area (Å²) in [6.45, 7) is 0. The van der Waals surface area contributed by atoms with Crippen molar-refractivity contribution in [1.29, 1.82) is 0 Å². The number of hydrogen-bond acceptors (Lipinski definition) is 6. The number of hydrogen-bond donors (Lipinski definition) is 2. The van der Waals surface area contributed by atoms with Gasteiger partial charge >= 0.3 is 5.69 Å². The molecule has 0 aliphatic rings. The summed E-state index contributed by atoms with van der Waals surface area (Å²) in [5, 5.41) is 27.0. The lowest BCUT2D eigenvalue weighted by atomic mass is 10.0. The van der Waals surface area contributed by atoms with Crippen LogP contribution in [-0.2, 0) is 6.42 Å². The number of rotatable bonds is 6. The summed E-state index contributed by atoms with van der Waals surface area (Å²) in [5.74, 6) is -0.887. The van der Waals surface area contributed by atoms with Gasteiger partial charge in [0.25, 0.3) is 5.91 Å². The highest BCUT2D eigenvalue weighted by Gasteiger charge is 2.18. The summed E-state index contributed by atoms with van der Waals surface area (Å²) < 4.78 is 0. The molecule has 1 aromatic heterocycles. The largest absolute Gasteiger partial charge is 0.502 e. The second-order valence-electron chi connectivity index (χ2n) is 5.65. The van der Waals surface area contributed by atoms with Crippen LogP contribution < -0.4 is 5.43 Å². The van der Waals surface area contributed by atoms with E-state index < -0.39 is 22.3 Å². The van der Waals surface area contributed by atoms with E-state index in [9.17, 15) is 20.0 Å². The van der Waals surface area contributed by atoms with Crippen LogP contribution in [0.1, 0.15) is 26.4 Å². The maximum Gasteiger partial charge on any atom is 0.311 e. The Morgan fingerprint density at radius 2 is 1.96 bits per heavy atom. The maximum atomic E-state index is 11.9. The third-order valence-corrected chi connectivity index (χ3v) is 4.61. The minimum atomic E-state index is -0.647. The van der Waals surface area contributed by atoms with E-state index in [2.05, 4.69) is 10.5 Å². The van der Waals surface area contributed by atoms with Crippen molar-refractivity contribution in [3.8, 4) is 5.75 Å². The van der Waals surface area contributed by atoms with Gasteiger partial charge in [0.05, 0.1) is 16.0 Å². The SMILES string of the molecule is O=C(N/N=C/c1cc(Cc2ccccc2)cc([N+](=O)[O-])c1O)c1cccs1. The van der Waals surface area contributed by atoms with Crippen molar-refractivity contribution >= 4 is 29.1 Å². The fraction of sp³-hybridized carbons (Fsp3) is 0.0526. The van der Waals surface area contributed by atoms with E-state index in [4.69, 9.17) is 0 Å². The lowest BCUT2D eigenvalue weighted by Gasteiger charge is -2.06. The Bertz CT molecular complexity index is 986. The molecule has 0 unspecified atom stereocenters. The minimum absolute atomic E-state index is 0.154. The number of benzene rings is 2. The Morgan fingerprint density at radius 3 is 2.63 bits per heavy atom. The van der Waals surface area contributed by atoms with Crippen LogP contribution in [0, 0.1) is 10.1 Å². The number of thiophene rings is 1. The van der Waals surface area contributed by atoms with E-state index in [0.29, 0.717) is 16.9 Å². The van der Waals surface area contributed by atoms with Crippen LogP contribution >= 0.6 is 11.3 Å². The predicted octanol–water partition coefficient (Wildman–Crippen LogP) is 3.72. The van der Waals surface area contributed by atoms with E-state index in [-0.39, 0.29) is 5.56 Å². The first-order chi connectivity index (χ1) is 13.0. The zero-order valence-corrected chi connectivity index (χ0v) is 14.8. The van der Waals surface area contributed by atoms with Gasteiger partial charge in [0, 0.05) is 11.6 Å². The first-order valence-corrected chi connectivity index (χ1v) is 8.83. The zero-order valence-electron chi connectivity index (χ0n) is 14.0.